The van der Waals surface area contributed by atoms with E-state index in [9.17, 15) is 9.59 Å². The highest BCUT2D eigenvalue weighted by Gasteiger charge is 2.30. The predicted molar refractivity (Wildman–Crippen MR) is 72.6 cm³/mol. The summed E-state index contributed by atoms with van der Waals surface area (Å²) < 4.78 is 0. The van der Waals surface area contributed by atoms with Gasteiger partial charge in [-0.3, -0.25) is 4.79 Å². The van der Waals surface area contributed by atoms with Crippen molar-refractivity contribution in [3.8, 4) is 0 Å². The normalized spacial score (nSPS) is 22.2. The number of nitrogens with one attached hydrogen (secondary N) is 2. The van der Waals surface area contributed by atoms with Crippen LogP contribution in [0.2, 0.25) is 5.02 Å². The molecule has 0 bridgehead atoms. The molecule has 1 aliphatic rings. The maximum Gasteiger partial charge on any atom is 0.337 e. The van der Waals surface area contributed by atoms with Crippen LogP contribution in [0.15, 0.2) is 18.2 Å². The number of anilines is 1. The molecule has 0 aromatic heterocycles. The Bertz CT molecular complexity index is 519. The smallest absolute Gasteiger partial charge is 0.337 e. The Hall–Kier alpha value is -1.59. The number of amides is 1. The lowest BCUT2D eigenvalue weighted by atomic mass is 9.97. The van der Waals surface area contributed by atoms with Crippen molar-refractivity contribution in [1.29, 1.82) is 0 Å². The molecule has 1 saturated heterocycles. The minimum atomic E-state index is -1.09. The summed E-state index contributed by atoms with van der Waals surface area (Å²) in [5.41, 5.74) is 0.278. The van der Waals surface area contributed by atoms with Crippen molar-refractivity contribution >= 4 is 29.2 Å². The van der Waals surface area contributed by atoms with Gasteiger partial charge in [-0.1, -0.05) is 18.5 Å². The topological polar surface area (TPSA) is 78.4 Å². The second kappa shape index (κ2) is 5.59. The molecule has 0 spiro atoms. The van der Waals surface area contributed by atoms with E-state index in [0.29, 0.717) is 11.6 Å². The van der Waals surface area contributed by atoms with E-state index in [1.54, 1.807) is 0 Å². The zero-order valence-corrected chi connectivity index (χ0v) is 11.2. The van der Waals surface area contributed by atoms with Gasteiger partial charge >= 0.3 is 5.97 Å². The Morgan fingerprint density at radius 1 is 1.42 bits per heavy atom. The number of halogens is 1. The lowest BCUT2D eigenvalue weighted by Crippen LogP contribution is -2.28. The van der Waals surface area contributed by atoms with E-state index in [-0.39, 0.29) is 29.0 Å². The van der Waals surface area contributed by atoms with Crippen LogP contribution in [0.1, 0.15) is 17.3 Å². The minimum Gasteiger partial charge on any atom is -0.478 e. The number of hydrogen-bond acceptors (Lipinski definition) is 3. The fourth-order valence-corrected chi connectivity index (χ4v) is 2.36. The first kappa shape index (κ1) is 13.8. The first-order valence-corrected chi connectivity index (χ1v) is 6.41. The highest BCUT2D eigenvalue weighted by Crippen LogP contribution is 2.24. The second-order valence-corrected chi connectivity index (χ2v) is 5.16. The molecule has 5 nitrogen and oxygen atoms in total. The zero-order valence-electron chi connectivity index (χ0n) is 10.4. The lowest BCUT2D eigenvalue weighted by Gasteiger charge is -2.15. The van der Waals surface area contributed by atoms with Crippen molar-refractivity contribution in [1.82, 2.24) is 5.32 Å². The number of hydrogen-bond donors (Lipinski definition) is 3. The molecule has 1 aliphatic heterocycles. The first-order valence-electron chi connectivity index (χ1n) is 6.03. The molecule has 2 atom stereocenters. The van der Waals surface area contributed by atoms with E-state index in [2.05, 4.69) is 10.6 Å². The van der Waals surface area contributed by atoms with Crippen LogP contribution in [0.3, 0.4) is 0 Å². The van der Waals surface area contributed by atoms with Crippen LogP contribution in [-0.4, -0.2) is 30.1 Å². The lowest BCUT2D eigenvalue weighted by molar-refractivity contribution is -0.120. The molecule has 2 unspecified atom stereocenters. The van der Waals surface area contributed by atoms with Crippen LogP contribution in [-0.2, 0) is 4.79 Å². The summed E-state index contributed by atoms with van der Waals surface area (Å²) >= 11 is 5.84. The summed E-state index contributed by atoms with van der Waals surface area (Å²) in [5.74, 6) is -1.19. The molecule has 0 saturated carbocycles. The quantitative estimate of drug-likeness (QED) is 0.790. The molecular formula is C13H15ClN2O3. The van der Waals surface area contributed by atoms with Gasteiger partial charge in [-0.05, 0) is 30.7 Å². The molecule has 1 amide bonds. The monoisotopic (exact) mass is 282 g/mol. The number of carbonyl (C=O) groups excluding carboxylic acids is 1. The van der Waals surface area contributed by atoms with Gasteiger partial charge in [0.15, 0.2) is 0 Å². The van der Waals surface area contributed by atoms with Gasteiger partial charge in [0.2, 0.25) is 5.91 Å². The predicted octanol–water partition coefficient (Wildman–Crippen LogP) is 1.83. The molecule has 1 fully saturated rings. The number of benzene rings is 1. The molecule has 19 heavy (non-hydrogen) atoms. The molecule has 2 rings (SSSR count). The SMILES string of the molecule is CC1CNCC1C(=O)Nc1cc(Cl)ccc1C(=O)O. The summed E-state index contributed by atoms with van der Waals surface area (Å²) in [5, 5.41) is 15.3. The third-order valence-electron chi connectivity index (χ3n) is 3.32. The maximum atomic E-state index is 12.1. The number of aromatic carboxylic acids is 1. The highest BCUT2D eigenvalue weighted by atomic mass is 35.5. The molecular weight excluding hydrogens is 268 g/mol. The number of carboxylic acid groups (broad SMARTS) is 1. The van der Waals surface area contributed by atoms with Gasteiger partial charge in [-0.2, -0.15) is 0 Å². The summed E-state index contributed by atoms with van der Waals surface area (Å²) in [6.07, 6.45) is 0. The van der Waals surface area contributed by atoms with E-state index >= 15 is 0 Å². The third-order valence-corrected chi connectivity index (χ3v) is 3.56. The Kier molecular flexibility index (Phi) is 4.07. The molecule has 0 radical (unpaired) electrons. The van der Waals surface area contributed by atoms with Gasteiger partial charge in [-0.25, -0.2) is 4.79 Å². The summed E-state index contributed by atoms with van der Waals surface area (Å²) in [6, 6.07) is 4.33. The Labute approximate surface area is 116 Å². The largest absolute Gasteiger partial charge is 0.478 e. The summed E-state index contributed by atoms with van der Waals surface area (Å²) in [7, 11) is 0. The average Bonchev–Trinajstić information content (AvgIpc) is 2.75. The number of carbonyl (C=O) groups is 2. The molecule has 102 valence electrons. The summed E-state index contributed by atoms with van der Waals surface area (Å²) in [4.78, 5) is 23.2. The van der Waals surface area contributed by atoms with Crippen molar-refractivity contribution in [2.75, 3.05) is 18.4 Å². The first-order chi connectivity index (χ1) is 8.99. The zero-order chi connectivity index (χ0) is 14.0. The van der Waals surface area contributed by atoms with E-state index in [0.717, 1.165) is 6.54 Å². The van der Waals surface area contributed by atoms with E-state index in [1.807, 2.05) is 6.92 Å². The maximum absolute atomic E-state index is 12.1. The van der Waals surface area contributed by atoms with Gasteiger partial charge < -0.3 is 15.7 Å². The van der Waals surface area contributed by atoms with Gasteiger partial charge in [0, 0.05) is 11.6 Å². The van der Waals surface area contributed by atoms with Crippen LogP contribution < -0.4 is 10.6 Å². The Morgan fingerprint density at radius 2 is 2.16 bits per heavy atom. The van der Waals surface area contributed by atoms with Crippen LogP contribution in [0.5, 0.6) is 0 Å². The molecule has 0 aliphatic carbocycles. The van der Waals surface area contributed by atoms with Crippen LogP contribution in [0.4, 0.5) is 5.69 Å². The average molecular weight is 283 g/mol. The standard InChI is InChI=1S/C13H15ClN2O3/c1-7-5-15-6-10(7)12(17)16-11-4-8(14)2-3-9(11)13(18)19/h2-4,7,10,15H,5-6H2,1H3,(H,16,17)(H,18,19). The highest BCUT2D eigenvalue weighted by molar-refractivity contribution is 6.31. The second-order valence-electron chi connectivity index (χ2n) is 4.73. The van der Waals surface area contributed by atoms with Crippen molar-refractivity contribution in [3.05, 3.63) is 28.8 Å². The molecule has 6 heteroatoms. The van der Waals surface area contributed by atoms with E-state index in [1.165, 1.54) is 18.2 Å². The summed E-state index contributed by atoms with van der Waals surface area (Å²) in [6.45, 7) is 3.38. The number of rotatable bonds is 3. The molecule has 3 N–H and O–H groups in total. The van der Waals surface area contributed by atoms with Crippen LogP contribution >= 0.6 is 11.6 Å². The van der Waals surface area contributed by atoms with Gasteiger partial charge in [0.05, 0.1) is 17.2 Å². The fraction of sp³-hybridized carbons (Fsp3) is 0.385. The van der Waals surface area contributed by atoms with Crippen molar-refractivity contribution in [3.63, 3.8) is 0 Å². The number of carboxylic acids is 1. The third kappa shape index (κ3) is 3.05. The molecule has 1 aromatic carbocycles. The minimum absolute atomic E-state index is 0.0383. The van der Waals surface area contributed by atoms with Crippen LogP contribution in [0, 0.1) is 11.8 Å². The molecule has 1 heterocycles. The van der Waals surface area contributed by atoms with Gasteiger partial charge in [0.25, 0.3) is 0 Å². The van der Waals surface area contributed by atoms with E-state index in [4.69, 9.17) is 16.7 Å². The van der Waals surface area contributed by atoms with Crippen molar-refractivity contribution in [2.45, 2.75) is 6.92 Å². The van der Waals surface area contributed by atoms with Crippen LogP contribution in [0.25, 0.3) is 0 Å². The van der Waals surface area contributed by atoms with Crippen molar-refractivity contribution in [2.24, 2.45) is 11.8 Å². The molecule has 1 aromatic rings. The van der Waals surface area contributed by atoms with Gasteiger partial charge in [-0.15, -0.1) is 0 Å². The Balaban J connectivity index is 2.20. The fourth-order valence-electron chi connectivity index (χ4n) is 2.19. The van der Waals surface area contributed by atoms with Crippen molar-refractivity contribution < 1.29 is 14.7 Å². The Morgan fingerprint density at radius 3 is 2.74 bits per heavy atom. The van der Waals surface area contributed by atoms with Gasteiger partial charge in [0.1, 0.15) is 0 Å². The van der Waals surface area contributed by atoms with E-state index < -0.39 is 5.97 Å².